The van der Waals surface area contributed by atoms with Crippen LogP contribution in [0.4, 0.5) is 0 Å². The second-order valence-electron chi connectivity index (χ2n) is 8.03. The summed E-state index contributed by atoms with van der Waals surface area (Å²) in [7, 11) is 1.60. The average molecular weight is 385 g/mol. The lowest BCUT2D eigenvalue weighted by Crippen LogP contribution is -2.54. The van der Waals surface area contributed by atoms with Gasteiger partial charge in [-0.3, -0.25) is 14.5 Å². The normalized spacial score (nSPS) is 26.9. The molecule has 4 rings (SSSR count). The van der Waals surface area contributed by atoms with Crippen molar-refractivity contribution < 1.29 is 19.2 Å². The van der Waals surface area contributed by atoms with E-state index in [1.165, 1.54) is 4.90 Å². The molecule has 1 aliphatic carbocycles. The summed E-state index contributed by atoms with van der Waals surface area (Å²) in [5, 5.41) is 7.45. The first-order valence-corrected chi connectivity index (χ1v) is 10.00. The van der Waals surface area contributed by atoms with Gasteiger partial charge in [0, 0.05) is 24.6 Å². The Balaban J connectivity index is 1.52. The molecule has 0 radical (unpaired) electrons. The maximum Gasteiger partial charge on any atom is 0.276 e. The first-order valence-electron chi connectivity index (χ1n) is 10.00. The van der Waals surface area contributed by atoms with Gasteiger partial charge in [0.1, 0.15) is 5.75 Å². The van der Waals surface area contributed by atoms with Gasteiger partial charge in [-0.2, -0.15) is 0 Å². The van der Waals surface area contributed by atoms with Crippen molar-refractivity contribution in [1.29, 1.82) is 0 Å². The van der Waals surface area contributed by atoms with Crippen LogP contribution >= 0.6 is 0 Å². The number of para-hydroxylation sites is 1. The molecule has 1 aromatic rings. The number of nitrogens with zero attached hydrogens (tertiary/aromatic N) is 2. The minimum Gasteiger partial charge on any atom is -0.496 e. The highest BCUT2D eigenvalue weighted by Gasteiger charge is 2.51. The zero-order valence-electron chi connectivity index (χ0n) is 16.4. The van der Waals surface area contributed by atoms with Gasteiger partial charge in [0.05, 0.1) is 18.7 Å². The van der Waals surface area contributed by atoms with E-state index in [4.69, 9.17) is 9.57 Å². The van der Waals surface area contributed by atoms with Crippen molar-refractivity contribution in [3.05, 3.63) is 29.8 Å². The van der Waals surface area contributed by atoms with Crippen molar-refractivity contribution in [2.24, 2.45) is 11.1 Å². The Morgan fingerprint density at radius 1 is 1.29 bits per heavy atom. The summed E-state index contributed by atoms with van der Waals surface area (Å²) in [6, 6.07) is 7.53. The van der Waals surface area contributed by atoms with Crippen LogP contribution in [0, 0.1) is 5.92 Å². The molecular formula is C21H27N3O4. The van der Waals surface area contributed by atoms with Gasteiger partial charge in [0.2, 0.25) is 11.5 Å². The van der Waals surface area contributed by atoms with Crippen molar-refractivity contribution in [3.63, 3.8) is 0 Å². The van der Waals surface area contributed by atoms with Gasteiger partial charge in [0.25, 0.3) is 5.91 Å². The monoisotopic (exact) mass is 385 g/mol. The van der Waals surface area contributed by atoms with Crippen LogP contribution in [0.3, 0.4) is 0 Å². The number of ether oxygens (including phenoxy) is 1. The number of carbonyl (C=O) groups excluding carboxylic acids is 2. The van der Waals surface area contributed by atoms with Crippen molar-refractivity contribution >= 4 is 17.5 Å². The first kappa shape index (κ1) is 18.9. The number of benzene rings is 1. The predicted molar refractivity (Wildman–Crippen MR) is 104 cm³/mol. The van der Waals surface area contributed by atoms with E-state index in [9.17, 15) is 9.59 Å². The minimum absolute atomic E-state index is 0.00216. The van der Waals surface area contributed by atoms with Crippen molar-refractivity contribution in [2.45, 2.75) is 50.7 Å². The van der Waals surface area contributed by atoms with E-state index in [1.54, 1.807) is 14.0 Å². The van der Waals surface area contributed by atoms with Crippen LogP contribution in [0.1, 0.15) is 44.6 Å². The van der Waals surface area contributed by atoms with Crippen LogP contribution in [-0.4, -0.2) is 54.3 Å². The fourth-order valence-electron chi connectivity index (χ4n) is 3.97. The summed E-state index contributed by atoms with van der Waals surface area (Å²) < 4.78 is 5.41. The third kappa shape index (κ3) is 3.51. The van der Waals surface area contributed by atoms with Gasteiger partial charge < -0.3 is 14.9 Å². The summed E-state index contributed by atoms with van der Waals surface area (Å²) in [4.78, 5) is 33.7. The van der Waals surface area contributed by atoms with Crippen molar-refractivity contribution in [3.8, 4) is 5.75 Å². The van der Waals surface area contributed by atoms with Gasteiger partial charge in [-0.1, -0.05) is 17.3 Å². The maximum absolute atomic E-state index is 13.4. The molecule has 150 valence electrons. The molecule has 0 bridgehead atoms. The fourth-order valence-corrected chi connectivity index (χ4v) is 3.97. The summed E-state index contributed by atoms with van der Waals surface area (Å²) in [5.41, 5.74) is 0.300. The fraction of sp³-hybridized carbons (Fsp3) is 0.571. The summed E-state index contributed by atoms with van der Waals surface area (Å²) in [6.45, 7) is 3.29. The average Bonchev–Trinajstić information content (AvgIpc) is 3.49. The molecule has 7 nitrogen and oxygen atoms in total. The van der Waals surface area contributed by atoms with E-state index in [0.717, 1.165) is 37.8 Å². The number of hydrogen-bond donors (Lipinski definition) is 1. The largest absolute Gasteiger partial charge is 0.496 e. The second-order valence-corrected chi connectivity index (χ2v) is 8.03. The quantitative estimate of drug-likeness (QED) is 0.785. The van der Waals surface area contributed by atoms with Gasteiger partial charge in [-0.25, -0.2) is 0 Å². The molecule has 1 N–H and O–H groups in total. The lowest BCUT2D eigenvalue weighted by molar-refractivity contribution is -0.162. The zero-order valence-corrected chi connectivity index (χ0v) is 16.4. The number of imide groups is 1. The second kappa shape index (κ2) is 7.54. The Bertz CT molecular complexity index is 799. The molecule has 2 fully saturated rings. The van der Waals surface area contributed by atoms with E-state index >= 15 is 0 Å². The minimum atomic E-state index is -1.17. The predicted octanol–water partition coefficient (Wildman–Crippen LogP) is 2.10. The number of carbonyl (C=O) groups is 2. The first-order chi connectivity index (χ1) is 13.5. The molecule has 3 aliphatic rings. The number of rotatable bonds is 5. The Morgan fingerprint density at radius 3 is 2.75 bits per heavy atom. The molecule has 2 aliphatic heterocycles. The lowest BCUT2D eigenvalue weighted by atomic mass is 9.92. The SMILES string of the molecule is COc1ccccc1C1=NOC(C)(C(=O)N(C(=O)C2CCCNC2)C2CC2)C1. The molecule has 1 saturated carbocycles. The van der Waals surface area contributed by atoms with E-state index < -0.39 is 5.60 Å². The standard InChI is InChI=1S/C21H27N3O4/c1-21(12-17(23-28-21)16-7-3-4-8-18(16)27-2)20(26)24(15-9-10-15)19(25)14-6-5-11-22-13-14/h3-4,7-8,14-15,22H,5-6,9-13H2,1-2H3. The lowest BCUT2D eigenvalue weighted by Gasteiger charge is -2.32. The number of nitrogens with one attached hydrogen (secondary N) is 1. The number of amides is 2. The van der Waals surface area contributed by atoms with Crippen LogP contribution in [0.2, 0.25) is 0 Å². The third-order valence-corrected chi connectivity index (χ3v) is 5.75. The summed E-state index contributed by atoms with van der Waals surface area (Å²) in [6.07, 6.45) is 3.83. The molecule has 0 spiro atoms. The van der Waals surface area contributed by atoms with E-state index in [-0.39, 0.29) is 23.8 Å². The number of methoxy groups -OCH3 is 1. The number of oxime groups is 1. The van der Waals surface area contributed by atoms with E-state index in [2.05, 4.69) is 10.5 Å². The van der Waals surface area contributed by atoms with Crippen LogP contribution in [0.15, 0.2) is 29.4 Å². The molecule has 2 atom stereocenters. The van der Waals surface area contributed by atoms with Gasteiger partial charge in [-0.15, -0.1) is 0 Å². The molecule has 1 aromatic carbocycles. The van der Waals surface area contributed by atoms with Gasteiger partial charge in [-0.05, 0) is 51.3 Å². The Hall–Kier alpha value is -2.41. The molecule has 7 heteroatoms. The topological polar surface area (TPSA) is 80.2 Å². The molecule has 1 saturated heterocycles. The Morgan fingerprint density at radius 2 is 2.07 bits per heavy atom. The summed E-state index contributed by atoms with van der Waals surface area (Å²) >= 11 is 0. The highest BCUT2D eigenvalue weighted by atomic mass is 16.7. The van der Waals surface area contributed by atoms with Crippen LogP contribution in [-0.2, 0) is 14.4 Å². The highest BCUT2D eigenvalue weighted by Crippen LogP contribution is 2.36. The smallest absolute Gasteiger partial charge is 0.276 e. The molecule has 28 heavy (non-hydrogen) atoms. The molecular weight excluding hydrogens is 358 g/mol. The zero-order chi connectivity index (χ0) is 19.7. The maximum atomic E-state index is 13.4. The molecule has 0 aromatic heterocycles. The number of hydrogen-bond acceptors (Lipinski definition) is 6. The van der Waals surface area contributed by atoms with Crippen molar-refractivity contribution in [1.82, 2.24) is 10.2 Å². The van der Waals surface area contributed by atoms with Gasteiger partial charge in [0.15, 0.2) is 0 Å². The molecule has 2 unspecified atom stereocenters. The molecule has 2 amide bonds. The highest BCUT2D eigenvalue weighted by molar-refractivity contribution is 6.09. The van der Waals surface area contributed by atoms with Crippen molar-refractivity contribution in [2.75, 3.05) is 20.2 Å². The van der Waals surface area contributed by atoms with Crippen LogP contribution in [0.25, 0.3) is 0 Å². The Kier molecular flexibility index (Phi) is 5.10. The van der Waals surface area contributed by atoms with Crippen LogP contribution in [0.5, 0.6) is 5.75 Å². The van der Waals surface area contributed by atoms with E-state index in [0.29, 0.717) is 24.4 Å². The summed E-state index contributed by atoms with van der Waals surface area (Å²) in [5.74, 6) is 0.192. The Labute approximate surface area is 165 Å². The number of piperidine rings is 1. The molecule has 2 heterocycles. The van der Waals surface area contributed by atoms with Crippen LogP contribution < -0.4 is 10.1 Å². The van der Waals surface area contributed by atoms with Gasteiger partial charge >= 0.3 is 0 Å². The third-order valence-electron chi connectivity index (χ3n) is 5.75. The van der Waals surface area contributed by atoms with E-state index in [1.807, 2.05) is 24.3 Å².